The van der Waals surface area contributed by atoms with Crippen molar-refractivity contribution >= 4 is 23.1 Å². The van der Waals surface area contributed by atoms with E-state index < -0.39 is 5.97 Å². The SMILES string of the molecule is COc1cccc(-c2nc(Cl)c3cccc(C(=O)O)n23)c1. The van der Waals surface area contributed by atoms with Gasteiger partial charge in [0.25, 0.3) is 0 Å². The molecule has 1 aromatic carbocycles. The number of benzene rings is 1. The second-order valence-electron chi connectivity index (χ2n) is 4.40. The molecule has 0 bridgehead atoms. The van der Waals surface area contributed by atoms with Crippen LogP contribution in [-0.4, -0.2) is 27.6 Å². The fourth-order valence-electron chi connectivity index (χ4n) is 2.22. The minimum Gasteiger partial charge on any atom is -0.497 e. The average Bonchev–Trinajstić information content (AvgIpc) is 2.84. The van der Waals surface area contributed by atoms with Crippen LogP contribution in [0.2, 0.25) is 5.15 Å². The Balaban J connectivity index is 2.34. The lowest BCUT2D eigenvalue weighted by Crippen LogP contribution is -2.05. The Labute approximate surface area is 125 Å². The van der Waals surface area contributed by atoms with Crippen LogP contribution in [0.15, 0.2) is 42.5 Å². The molecule has 2 heterocycles. The van der Waals surface area contributed by atoms with Crippen LogP contribution in [0.1, 0.15) is 10.5 Å². The Bertz CT molecular complexity index is 842. The molecule has 0 spiro atoms. The maximum atomic E-state index is 11.4. The van der Waals surface area contributed by atoms with Crippen molar-refractivity contribution in [3.63, 3.8) is 0 Å². The maximum Gasteiger partial charge on any atom is 0.352 e. The summed E-state index contributed by atoms with van der Waals surface area (Å²) >= 11 is 6.12. The molecule has 3 rings (SSSR count). The highest BCUT2D eigenvalue weighted by molar-refractivity contribution is 6.33. The van der Waals surface area contributed by atoms with Gasteiger partial charge < -0.3 is 9.84 Å². The first-order valence-corrected chi connectivity index (χ1v) is 6.54. The van der Waals surface area contributed by atoms with Crippen LogP contribution in [0.5, 0.6) is 5.75 Å². The molecular weight excluding hydrogens is 292 g/mol. The van der Waals surface area contributed by atoms with Gasteiger partial charge in [0.15, 0.2) is 5.15 Å². The van der Waals surface area contributed by atoms with Crippen molar-refractivity contribution in [3.8, 4) is 17.1 Å². The molecule has 0 fully saturated rings. The average molecular weight is 303 g/mol. The lowest BCUT2D eigenvalue weighted by molar-refractivity contribution is 0.0689. The van der Waals surface area contributed by atoms with Crippen LogP contribution in [0.25, 0.3) is 16.9 Å². The standard InChI is InChI=1S/C15H11ClN2O3/c1-21-10-5-2-4-9(8-10)14-17-13(16)11-6-3-7-12(15(19)20)18(11)14/h2-8H,1H3,(H,19,20). The first kappa shape index (κ1) is 13.5. The number of hydrogen-bond donors (Lipinski definition) is 1. The molecule has 0 aliphatic carbocycles. The Morgan fingerprint density at radius 2 is 2.05 bits per heavy atom. The van der Waals surface area contributed by atoms with Crippen LogP contribution < -0.4 is 4.74 Å². The molecule has 0 saturated heterocycles. The van der Waals surface area contributed by atoms with Gasteiger partial charge in [0, 0.05) is 5.56 Å². The third kappa shape index (κ3) is 2.21. The van der Waals surface area contributed by atoms with Crippen molar-refractivity contribution in [1.82, 2.24) is 9.38 Å². The molecule has 0 unspecified atom stereocenters. The van der Waals surface area contributed by atoms with Crippen molar-refractivity contribution in [2.24, 2.45) is 0 Å². The molecule has 0 radical (unpaired) electrons. The number of carboxylic acids is 1. The number of rotatable bonds is 3. The van der Waals surface area contributed by atoms with E-state index in [-0.39, 0.29) is 10.8 Å². The van der Waals surface area contributed by atoms with Crippen molar-refractivity contribution in [1.29, 1.82) is 0 Å². The monoisotopic (exact) mass is 302 g/mol. The fraction of sp³-hybridized carbons (Fsp3) is 0.0667. The van der Waals surface area contributed by atoms with E-state index in [1.807, 2.05) is 12.1 Å². The smallest absolute Gasteiger partial charge is 0.352 e. The van der Waals surface area contributed by atoms with Gasteiger partial charge in [0.2, 0.25) is 0 Å². The molecule has 0 atom stereocenters. The number of pyridine rings is 1. The molecule has 0 aliphatic rings. The third-order valence-electron chi connectivity index (χ3n) is 3.16. The van der Waals surface area contributed by atoms with Crippen molar-refractivity contribution in [3.05, 3.63) is 53.3 Å². The molecule has 0 amide bonds. The van der Waals surface area contributed by atoms with E-state index in [0.29, 0.717) is 17.1 Å². The summed E-state index contributed by atoms with van der Waals surface area (Å²) in [6, 6.07) is 12.1. The predicted molar refractivity (Wildman–Crippen MR) is 79.1 cm³/mol. The van der Waals surface area contributed by atoms with Gasteiger partial charge in [0.05, 0.1) is 12.6 Å². The van der Waals surface area contributed by atoms with Gasteiger partial charge in [-0.05, 0) is 24.3 Å². The van der Waals surface area contributed by atoms with E-state index in [1.165, 1.54) is 10.5 Å². The molecule has 1 N–H and O–H groups in total. The number of methoxy groups -OCH3 is 1. The van der Waals surface area contributed by atoms with Gasteiger partial charge in [0.1, 0.15) is 17.3 Å². The van der Waals surface area contributed by atoms with Gasteiger partial charge in [-0.2, -0.15) is 0 Å². The van der Waals surface area contributed by atoms with Crippen LogP contribution in [0.3, 0.4) is 0 Å². The lowest BCUT2D eigenvalue weighted by atomic mass is 10.2. The molecule has 6 heteroatoms. The number of nitrogens with zero attached hydrogens (tertiary/aromatic N) is 2. The van der Waals surface area contributed by atoms with E-state index in [2.05, 4.69) is 4.98 Å². The van der Waals surface area contributed by atoms with Gasteiger partial charge in [-0.3, -0.25) is 4.40 Å². The minimum atomic E-state index is -1.04. The normalized spacial score (nSPS) is 10.8. The van der Waals surface area contributed by atoms with Gasteiger partial charge in [-0.1, -0.05) is 29.8 Å². The Kier molecular flexibility index (Phi) is 3.27. The Morgan fingerprint density at radius 3 is 2.76 bits per heavy atom. The fourth-order valence-corrected chi connectivity index (χ4v) is 2.45. The predicted octanol–water partition coefficient (Wildman–Crippen LogP) is 3.36. The summed E-state index contributed by atoms with van der Waals surface area (Å²) in [6.07, 6.45) is 0. The summed E-state index contributed by atoms with van der Waals surface area (Å²) in [5.41, 5.74) is 1.38. The van der Waals surface area contributed by atoms with E-state index in [9.17, 15) is 9.90 Å². The number of ether oxygens (including phenoxy) is 1. The summed E-state index contributed by atoms with van der Waals surface area (Å²) in [5.74, 6) is 0.0823. The first-order chi connectivity index (χ1) is 10.1. The molecule has 3 aromatic rings. The number of carboxylic acid groups (broad SMARTS) is 1. The maximum absolute atomic E-state index is 11.4. The molecular formula is C15H11ClN2O3. The molecule has 2 aromatic heterocycles. The molecule has 0 saturated carbocycles. The highest BCUT2D eigenvalue weighted by Crippen LogP contribution is 2.29. The summed E-state index contributed by atoms with van der Waals surface area (Å²) in [6.45, 7) is 0. The van der Waals surface area contributed by atoms with E-state index in [1.54, 1.807) is 31.4 Å². The number of aromatic nitrogens is 2. The van der Waals surface area contributed by atoms with Gasteiger partial charge in [-0.15, -0.1) is 0 Å². The highest BCUT2D eigenvalue weighted by atomic mass is 35.5. The number of imidazole rings is 1. The van der Waals surface area contributed by atoms with Crippen LogP contribution in [-0.2, 0) is 0 Å². The number of halogens is 1. The van der Waals surface area contributed by atoms with E-state index >= 15 is 0 Å². The Hall–Kier alpha value is -2.53. The van der Waals surface area contributed by atoms with Crippen molar-refractivity contribution < 1.29 is 14.6 Å². The summed E-state index contributed by atoms with van der Waals surface area (Å²) in [4.78, 5) is 15.7. The second-order valence-corrected chi connectivity index (χ2v) is 4.75. The number of fused-ring (bicyclic) bond motifs is 1. The van der Waals surface area contributed by atoms with Crippen molar-refractivity contribution in [2.75, 3.05) is 7.11 Å². The summed E-state index contributed by atoms with van der Waals surface area (Å²) in [7, 11) is 1.57. The van der Waals surface area contributed by atoms with Crippen LogP contribution in [0, 0.1) is 0 Å². The summed E-state index contributed by atoms with van der Waals surface area (Å²) in [5, 5.41) is 9.61. The van der Waals surface area contributed by atoms with E-state index in [0.717, 1.165) is 5.56 Å². The van der Waals surface area contributed by atoms with E-state index in [4.69, 9.17) is 16.3 Å². The molecule has 5 nitrogen and oxygen atoms in total. The minimum absolute atomic E-state index is 0.102. The molecule has 0 aliphatic heterocycles. The Morgan fingerprint density at radius 1 is 1.29 bits per heavy atom. The molecule has 106 valence electrons. The highest BCUT2D eigenvalue weighted by Gasteiger charge is 2.17. The quantitative estimate of drug-likeness (QED) is 0.805. The van der Waals surface area contributed by atoms with Crippen molar-refractivity contribution in [2.45, 2.75) is 0 Å². The topological polar surface area (TPSA) is 63.8 Å². The largest absolute Gasteiger partial charge is 0.497 e. The van der Waals surface area contributed by atoms with Gasteiger partial charge >= 0.3 is 5.97 Å². The second kappa shape index (κ2) is 5.10. The lowest BCUT2D eigenvalue weighted by Gasteiger charge is -2.06. The van der Waals surface area contributed by atoms with Gasteiger partial charge in [-0.25, -0.2) is 9.78 Å². The molecule has 21 heavy (non-hydrogen) atoms. The van der Waals surface area contributed by atoms with Crippen LogP contribution >= 0.6 is 11.6 Å². The third-order valence-corrected chi connectivity index (χ3v) is 3.44. The first-order valence-electron chi connectivity index (χ1n) is 6.16. The number of aromatic carboxylic acids is 1. The summed E-state index contributed by atoms with van der Waals surface area (Å²) < 4.78 is 6.71. The zero-order valence-corrected chi connectivity index (χ0v) is 11.8. The zero-order chi connectivity index (χ0) is 15.0. The number of hydrogen-bond acceptors (Lipinski definition) is 3. The van der Waals surface area contributed by atoms with Crippen LogP contribution in [0.4, 0.5) is 0 Å². The number of carbonyl (C=O) groups is 1. The zero-order valence-electron chi connectivity index (χ0n) is 11.1.